The molecule has 0 bridgehead atoms. The zero-order valence-corrected chi connectivity index (χ0v) is 23.5. The van der Waals surface area contributed by atoms with Crippen LogP contribution in [-0.2, 0) is 0 Å². The smallest absolute Gasteiger partial charge is 0.0443 e. The van der Waals surface area contributed by atoms with Crippen LogP contribution in [0.3, 0.4) is 0 Å². The molecule has 0 heteroatoms. The van der Waals surface area contributed by atoms with Gasteiger partial charge in [-0.05, 0) is 11.8 Å². The summed E-state index contributed by atoms with van der Waals surface area (Å²) in [5.74, 6) is 1.92. The summed E-state index contributed by atoms with van der Waals surface area (Å²) in [6, 6.07) is 0. The summed E-state index contributed by atoms with van der Waals surface area (Å²) >= 11 is 0. The van der Waals surface area contributed by atoms with Crippen LogP contribution >= 0.6 is 0 Å². The molecule has 0 N–H and O–H groups in total. The van der Waals surface area contributed by atoms with Gasteiger partial charge in [-0.2, -0.15) is 0 Å². The maximum atomic E-state index is 2.50. The molecule has 2 atom stereocenters. The first-order chi connectivity index (χ1) is 15.7. The van der Waals surface area contributed by atoms with Crippen molar-refractivity contribution in [1.29, 1.82) is 0 Å². The lowest BCUT2D eigenvalue weighted by Gasteiger charge is -2.13. The van der Waals surface area contributed by atoms with Crippen molar-refractivity contribution >= 4 is 0 Å². The number of hydrogen-bond donors (Lipinski definition) is 0. The van der Waals surface area contributed by atoms with Crippen molar-refractivity contribution in [3.8, 4) is 0 Å². The van der Waals surface area contributed by atoms with Gasteiger partial charge in [0.05, 0.1) is 0 Å². The summed E-state index contributed by atoms with van der Waals surface area (Å²) in [6.07, 6.45) is 38.1. The largest absolute Gasteiger partial charge is 0.0654 e. The predicted octanol–water partition coefficient (Wildman–Crippen LogP) is 12.4. The van der Waals surface area contributed by atoms with Crippen LogP contribution in [-0.4, -0.2) is 0 Å². The minimum Gasteiger partial charge on any atom is -0.0654 e. The lowest BCUT2D eigenvalue weighted by atomic mass is 9.93. The number of hydrogen-bond acceptors (Lipinski definition) is 0. The summed E-state index contributed by atoms with van der Waals surface area (Å²) in [6.45, 7) is 9.60. The van der Waals surface area contributed by atoms with E-state index in [0.29, 0.717) is 0 Å². The van der Waals surface area contributed by atoms with Crippen LogP contribution in [0.4, 0.5) is 0 Å². The molecule has 0 aromatic carbocycles. The van der Waals surface area contributed by atoms with Crippen LogP contribution in [0.15, 0.2) is 0 Å². The van der Waals surface area contributed by atoms with Gasteiger partial charge in [0.25, 0.3) is 0 Å². The van der Waals surface area contributed by atoms with Gasteiger partial charge in [-0.3, -0.25) is 0 Å². The highest BCUT2D eigenvalue weighted by Crippen LogP contribution is 2.21. The van der Waals surface area contributed by atoms with Gasteiger partial charge in [0.15, 0.2) is 0 Å². The lowest BCUT2D eigenvalue weighted by molar-refractivity contribution is 0.400. The minimum atomic E-state index is 0.960. The van der Waals surface area contributed by atoms with Gasteiger partial charge >= 0.3 is 0 Å². The fourth-order valence-corrected chi connectivity index (χ4v) is 5.23. The topological polar surface area (TPSA) is 0 Å². The zero-order chi connectivity index (χ0) is 23.5. The van der Waals surface area contributed by atoms with Crippen molar-refractivity contribution in [3.05, 3.63) is 0 Å². The molecule has 2 unspecified atom stereocenters. The third-order valence-electron chi connectivity index (χ3n) is 7.74. The van der Waals surface area contributed by atoms with Crippen LogP contribution in [0.25, 0.3) is 0 Å². The average Bonchev–Trinajstić information content (AvgIpc) is 2.79. The van der Waals surface area contributed by atoms with Crippen LogP contribution < -0.4 is 0 Å². The Bertz CT molecular complexity index is 320. The van der Waals surface area contributed by atoms with Crippen LogP contribution in [0.2, 0.25) is 0 Å². The Hall–Kier alpha value is 0. The van der Waals surface area contributed by atoms with Crippen molar-refractivity contribution in [2.45, 2.75) is 195 Å². The molecule has 0 aromatic heterocycles. The van der Waals surface area contributed by atoms with E-state index in [-0.39, 0.29) is 0 Å². The molecule has 0 spiro atoms. The van der Waals surface area contributed by atoms with Crippen molar-refractivity contribution < 1.29 is 0 Å². The Morgan fingerprint density at radius 3 is 0.719 bits per heavy atom. The molecule has 32 heavy (non-hydrogen) atoms. The molecule has 0 amide bonds. The SMILES string of the molecule is CCCCCCCCCCCCCCCCCC(C)CCCCC(C)CCCCCCC. The molecule has 0 aliphatic heterocycles. The summed E-state index contributed by atoms with van der Waals surface area (Å²) < 4.78 is 0. The van der Waals surface area contributed by atoms with E-state index >= 15 is 0 Å². The van der Waals surface area contributed by atoms with Crippen molar-refractivity contribution in [3.63, 3.8) is 0 Å². The van der Waals surface area contributed by atoms with Gasteiger partial charge in [0, 0.05) is 0 Å². The number of rotatable bonds is 27. The van der Waals surface area contributed by atoms with Crippen molar-refractivity contribution in [1.82, 2.24) is 0 Å². The molecule has 0 nitrogen and oxygen atoms in total. The van der Waals surface area contributed by atoms with Gasteiger partial charge in [-0.25, -0.2) is 0 Å². The van der Waals surface area contributed by atoms with Crippen LogP contribution in [0.5, 0.6) is 0 Å². The second-order valence-corrected chi connectivity index (χ2v) is 11.4. The molecule has 194 valence electrons. The van der Waals surface area contributed by atoms with Gasteiger partial charge in [0.1, 0.15) is 0 Å². The predicted molar refractivity (Wildman–Crippen MR) is 150 cm³/mol. The highest BCUT2D eigenvalue weighted by atomic mass is 14.1. The molecule has 0 saturated carbocycles. The van der Waals surface area contributed by atoms with Gasteiger partial charge < -0.3 is 0 Å². The monoisotopic (exact) mass is 451 g/mol. The highest BCUT2D eigenvalue weighted by molar-refractivity contribution is 4.59. The summed E-state index contributed by atoms with van der Waals surface area (Å²) in [4.78, 5) is 0. The maximum absolute atomic E-state index is 2.50. The first kappa shape index (κ1) is 32.0. The first-order valence-corrected chi connectivity index (χ1v) is 15.7. The Labute approximate surface area is 206 Å². The quantitative estimate of drug-likeness (QED) is 0.109. The fraction of sp³-hybridized carbons (Fsp3) is 1.00. The first-order valence-electron chi connectivity index (χ1n) is 15.7. The second-order valence-electron chi connectivity index (χ2n) is 11.4. The van der Waals surface area contributed by atoms with E-state index in [2.05, 4.69) is 27.7 Å². The van der Waals surface area contributed by atoms with Gasteiger partial charge in [-0.1, -0.05) is 195 Å². The lowest BCUT2D eigenvalue weighted by Crippen LogP contribution is -1.98. The molecule has 0 radical (unpaired) electrons. The molecule has 0 aliphatic rings. The van der Waals surface area contributed by atoms with E-state index in [9.17, 15) is 0 Å². The normalized spacial score (nSPS) is 13.5. The molecular weight excluding hydrogens is 384 g/mol. The molecular formula is C32H66. The Kier molecular flexibility index (Phi) is 27.2. The Morgan fingerprint density at radius 1 is 0.281 bits per heavy atom. The second kappa shape index (κ2) is 27.2. The van der Waals surface area contributed by atoms with Crippen molar-refractivity contribution in [2.75, 3.05) is 0 Å². The summed E-state index contributed by atoms with van der Waals surface area (Å²) in [5, 5.41) is 0. The van der Waals surface area contributed by atoms with Crippen LogP contribution in [0.1, 0.15) is 195 Å². The molecule has 0 heterocycles. The summed E-state index contributed by atoms with van der Waals surface area (Å²) in [5.41, 5.74) is 0. The maximum Gasteiger partial charge on any atom is -0.0443 e. The third kappa shape index (κ3) is 26.3. The van der Waals surface area contributed by atoms with E-state index in [0.717, 1.165) is 11.8 Å². The zero-order valence-electron chi connectivity index (χ0n) is 23.5. The Morgan fingerprint density at radius 2 is 0.469 bits per heavy atom. The molecule has 0 rings (SSSR count). The van der Waals surface area contributed by atoms with E-state index in [1.807, 2.05) is 0 Å². The van der Waals surface area contributed by atoms with E-state index in [4.69, 9.17) is 0 Å². The van der Waals surface area contributed by atoms with E-state index < -0.39 is 0 Å². The van der Waals surface area contributed by atoms with Crippen LogP contribution in [0, 0.1) is 11.8 Å². The Balaban J connectivity index is 3.22. The fourth-order valence-electron chi connectivity index (χ4n) is 5.23. The molecule has 0 aliphatic carbocycles. The highest BCUT2D eigenvalue weighted by Gasteiger charge is 2.05. The summed E-state index contributed by atoms with van der Waals surface area (Å²) in [7, 11) is 0. The minimum absolute atomic E-state index is 0.960. The van der Waals surface area contributed by atoms with E-state index in [1.165, 1.54) is 167 Å². The molecule has 0 aromatic rings. The van der Waals surface area contributed by atoms with E-state index in [1.54, 1.807) is 0 Å². The van der Waals surface area contributed by atoms with Crippen molar-refractivity contribution in [2.24, 2.45) is 11.8 Å². The molecule has 0 saturated heterocycles. The number of unbranched alkanes of at least 4 members (excludes halogenated alkanes) is 19. The van der Waals surface area contributed by atoms with Gasteiger partial charge in [0.2, 0.25) is 0 Å². The molecule has 0 fully saturated rings. The standard InChI is InChI=1S/C32H66/c1-5-7-9-11-12-13-14-15-16-17-18-19-20-22-24-28-32(4)30-26-25-29-31(3)27-23-21-10-8-6-2/h31-32H,5-30H2,1-4H3. The van der Waals surface area contributed by atoms with Gasteiger partial charge in [-0.15, -0.1) is 0 Å². The third-order valence-corrected chi connectivity index (χ3v) is 7.74. The average molecular weight is 451 g/mol.